The zero-order valence-corrected chi connectivity index (χ0v) is 15.5. The van der Waals surface area contributed by atoms with Crippen LogP contribution in [0.3, 0.4) is 0 Å². The molecule has 1 rings (SSSR count). The van der Waals surface area contributed by atoms with E-state index in [2.05, 4.69) is 36.4 Å². The minimum Gasteiger partial charge on any atom is -0.357 e. The Kier molecular flexibility index (Phi) is 11.5. The van der Waals surface area contributed by atoms with E-state index in [4.69, 9.17) is 0 Å². The molecule has 1 fully saturated rings. The molecule has 5 heteroatoms. The number of nitrogens with zero attached hydrogens (tertiary/aromatic N) is 1. The second-order valence-electron chi connectivity index (χ2n) is 5.80. The van der Waals surface area contributed by atoms with Crippen molar-refractivity contribution >= 4 is 29.9 Å². The van der Waals surface area contributed by atoms with Crippen LogP contribution in [0.5, 0.6) is 0 Å². The van der Waals surface area contributed by atoms with Crippen molar-refractivity contribution in [3.63, 3.8) is 0 Å². The summed E-state index contributed by atoms with van der Waals surface area (Å²) in [6.07, 6.45) is 5.56. The van der Waals surface area contributed by atoms with Crippen molar-refractivity contribution in [2.45, 2.75) is 58.9 Å². The van der Waals surface area contributed by atoms with Crippen LogP contribution < -0.4 is 10.6 Å². The van der Waals surface area contributed by atoms with Gasteiger partial charge in [0.25, 0.3) is 0 Å². The molecule has 0 unspecified atom stereocenters. The molecule has 0 heterocycles. The molecule has 0 aliphatic heterocycles. The SMILES string of the molecule is CCNC(=NCCCF)NC1CCC(C(C)C)CC1.I. The smallest absolute Gasteiger partial charge is 0.191 e. The fourth-order valence-electron chi connectivity index (χ4n) is 2.69. The fourth-order valence-corrected chi connectivity index (χ4v) is 2.69. The van der Waals surface area contributed by atoms with Crippen LogP contribution in [0.1, 0.15) is 52.9 Å². The second-order valence-corrected chi connectivity index (χ2v) is 5.80. The average molecular weight is 399 g/mol. The van der Waals surface area contributed by atoms with Gasteiger partial charge in [0.15, 0.2) is 5.96 Å². The molecule has 0 aromatic heterocycles. The van der Waals surface area contributed by atoms with Crippen LogP contribution in [0.15, 0.2) is 4.99 Å². The van der Waals surface area contributed by atoms with Gasteiger partial charge < -0.3 is 10.6 Å². The molecule has 1 saturated carbocycles. The van der Waals surface area contributed by atoms with Gasteiger partial charge in [-0.2, -0.15) is 0 Å². The highest BCUT2D eigenvalue weighted by Crippen LogP contribution is 2.29. The van der Waals surface area contributed by atoms with Gasteiger partial charge in [-0.05, 0) is 50.9 Å². The first-order valence-corrected chi connectivity index (χ1v) is 7.78. The summed E-state index contributed by atoms with van der Waals surface area (Å²) in [5, 5.41) is 6.73. The topological polar surface area (TPSA) is 36.4 Å². The first-order valence-electron chi connectivity index (χ1n) is 7.78. The lowest BCUT2D eigenvalue weighted by Gasteiger charge is -2.32. The Labute approximate surface area is 140 Å². The molecule has 0 bridgehead atoms. The number of hydrogen-bond acceptors (Lipinski definition) is 1. The van der Waals surface area contributed by atoms with E-state index in [9.17, 15) is 4.39 Å². The summed E-state index contributed by atoms with van der Waals surface area (Å²) in [5.74, 6) is 2.53. The van der Waals surface area contributed by atoms with Gasteiger partial charge in [-0.1, -0.05) is 13.8 Å². The lowest BCUT2D eigenvalue weighted by molar-refractivity contribution is 0.250. The van der Waals surface area contributed by atoms with Gasteiger partial charge >= 0.3 is 0 Å². The van der Waals surface area contributed by atoms with Crippen molar-refractivity contribution in [3.8, 4) is 0 Å². The number of rotatable bonds is 6. The molecule has 2 N–H and O–H groups in total. The molecule has 0 aromatic rings. The largest absolute Gasteiger partial charge is 0.357 e. The van der Waals surface area contributed by atoms with E-state index in [1.165, 1.54) is 25.7 Å². The van der Waals surface area contributed by atoms with Crippen molar-refractivity contribution in [2.75, 3.05) is 19.8 Å². The van der Waals surface area contributed by atoms with Crippen LogP contribution in [0.2, 0.25) is 0 Å². The fraction of sp³-hybridized carbons (Fsp3) is 0.933. The van der Waals surface area contributed by atoms with Crippen LogP contribution in [-0.2, 0) is 0 Å². The lowest BCUT2D eigenvalue weighted by atomic mass is 9.80. The molecule has 0 aromatic carbocycles. The van der Waals surface area contributed by atoms with Gasteiger partial charge in [0.05, 0.1) is 6.67 Å². The molecule has 0 atom stereocenters. The maximum absolute atomic E-state index is 12.1. The predicted octanol–water partition coefficient (Wildman–Crippen LogP) is 3.73. The Morgan fingerprint density at radius 1 is 1.25 bits per heavy atom. The van der Waals surface area contributed by atoms with Gasteiger partial charge in [-0.15, -0.1) is 24.0 Å². The Balaban J connectivity index is 0.00000361. The number of hydrogen-bond donors (Lipinski definition) is 2. The number of aliphatic imine (C=N–C) groups is 1. The number of nitrogens with one attached hydrogen (secondary N) is 2. The highest BCUT2D eigenvalue weighted by Gasteiger charge is 2.23. The quantitative estimate of drug-likeness (QED) is 0.309. The summed E-state index contributed by atoms with van der Waals surface area (Å²) in [4.78, 5) is 4.41. The molecule has 1 aliphatic rings. The Morgan fingerprint density at radius 3 is 2.40 bits per heavy atom. The molecular formula is C15H31FIN3. The molecule has 20 heavy (non-hydrogen) atoms. The molecule has 0 spiro atoms. The van der Waals surface area contributed by atoms with Gasteiger partial charge in [0.2, 0.25) is 0 Å². The zero-order chi connectivity index (χ0) is 14.1. The van der Waals surface area contributed by atoms with Crippen LogP contribution >= 0.6 is 24.0 Å². The van der Waals surface area contributed by atoms with E-state index in [0.717, 1.165) is 24.3 Å². The summed E-state index contributed by atoms with van der Waals surface area (Å²) < 4.78 is 12.1. The first kappa shape index (κ1) is 19.9. The second kappa shape index (κ2) is 11.6. The Hall–Kier alpha value is -0.0700. The molecule has 0 saturated heterocycles. The van der Waals surface area contributed by atoms with E-state index >= 15 is 0 Å². The van der Waals surface area contributed by atoms with Crippen molar-refractivity contribution in [2.24, 2.45) is 16.8 Å². The van der Waals surface area contributed by atoms with Crippen molar-refractivity contribution in [3.05, 3.63) is 0 Å². The van der Waals surface area contributed by atoms with Crippen molar-refractivity contribution in [1.29, 1.82) is 0 Å². The van der Waals surface area contributed by atoms with E-state index in [1.54, 1.807) is 0 Å². The predicted molar refractivity (Wildman–Crippen MR) is 95.7 cm³/mol. The molecule has 3 nitrogen and oxygen atoms in total. The summed E-state index contributed by atoms with van der Waals surface area (Å²) in [6, 6.07) is 0.526. The van der Waals surface area contributed by atoms with Crippen molar-refractivity contribution < 1.29 is 4.39 Å². The van der Waals surface area contributed by atoms with Crippen LogP contribution in [-0.4, -0.2) is 31.8 Å². The minimum absolute atomic E-state index is 0. The minimum atomic E-state index is -0.289. The normalized spacial score (nSPS) is 23.4. The molecule has 120 valence electrons. The van der Waals surface area contributed by atoms with Crippen molar-refractivity contribution in [1.82, 2.24) is 10.6 Å². The molecule has 0 radical (unpaired) electrons. The van der Waals surface area contributed by atoms with Gasteiger partial charge in [-0.3, -0.25) is 9.38 Å². The Morgan fingerprint density at radius 2 is 1.90 bits per heavy atom. The van der Waals surface area contributed by atoms with Gasteiger partial charge in [-0.25, -0.2) is 0 Å². The summed E-state index contributed by atoms with van der Waals surface area (Å²) in [6.45, 7) is 7.82. The molecular weight excluding hydrogens is 368 g/mol. The summed E-state index contributed by atoms with van der Waals surface area (Å²) in [7, 11) is 0. The zero-order valence-electron chi connectivity index (χ0n) is 13.1. The highest BCUT2D eigenvalue weighted by molar-refractivity contribution is 14.0. The average Bonchev–Trinajstić information content (AvgIpc) is 2.40. The number of guanidine groups is 1. The first-order chi connectivity index (χ1) is 9.17. The maximum Gasteiger partial charge on any atom is 0.191 e. The van der Waals surface area contributed by atoms with E-state index < -0.39 is 0 Å². The third kappa shape index (κ3) is 7.64. The molecule has 1 aliphatic carbocycles. The Bertz CT molecular complexity index is 264. The highest BCUT2D eigenvalue weighted by atomic mass is 127. The van der Waals surface area contributed by atoms with E-state index in [0.29, 0.717) is 19.0 Å². The van der Waals surface area contributed by atoms with Crippen LogP contribution in [0.25, 0.3) is 0 Å². The van der Waals surface area contributed by atoms with E-state index in [1.807, 2.05) is 0 Å². The van der Waals surface area contributed by atoms with E-state index in [-0.39, 0.29) is 30.7 Å². The van der Waals surface area contributed by atoms with Crippen LogP contribution in [0.4, 0.5) is 4.39 Å². The summed E-state index contributed by atoms with van der Waals surface area (Å²) in [5.41, 5.74) is 0. The van der Waals surface area contributed by atoms with Gasteiger partial charge in [0, 0.05) is 19.1 Å². The number of alkyl halides is 1. The number of halogens is 2. The summed E-state index contributed by atoms with van der Waals surface area (Å²) >= 11 is 0. The third-order valence-corrected chi connectivity index (χ3v) is 3.96. The lowest BCUT2D eigenvalue weighted by Crippen LogP contribution is -2.45. The van der Waals surface area contributed by atoms with Gasteiger partial charge in [0.1, 0.15) is 0 Å². The monoisotopic (exact) mass is 399 g/mol. The molecule has 0 amide bonds. The third-order valence-electron chi connectivity index (χ3n) is 3.96. The maximum atomic E-state index is 12.1. The standard InChI is InChI=1S/C15H30FN3.HI/c1-4-17-15(18-11-5-10-16)19-14-8-6-13(7-9-14)12(2)3;/h12-14H,4-11H2,1-3H3,(H2,17,18,19);1H. The van der Waals surface area contributed by atoms with Crippen LogP contribution in [0, 0.1) is 11.8 Å².